The molecule has 3 N–H and O–H groups in total. The van der Waals surface area contributed by atoms with Gasteiger partial charge >= 0.3 is 0 Å². The van der Waals surface area contributed by atoms with Crippen LogP contribution in [0.3, 0.4) is 0 Å². The lowest BCUT2D eigenvalue weighted by atomic mass is 10.2. The number of carbonyl (C=O) groups is 1. The van der Waals surface area contributed by atoms with E-state index in [0.717, 1.165) is 18.0 Å². The molecule has 0 atom stereocenters. The van der Waals surface area contributed by atoms with E-state index in [-0.39, 0.29) is 5.91 Å². The van der Waals surface area contributed by atoms with Crippen molar-refractivity contribution < 1.29 is 9.53 Å². The fourth-order valence-corrected chi connectivity index (χ4v) is 1.77. The Morgan fingerprint density at radius 2 is 2.31 bits per heavy atom. The highest BCUT2D eigenvalue weighted by atomic mass is 16.5. The Balaban J connectivity index is 2.27. The maximum absolute atomic E-state index is 11.3. The van der Waals surface area contributed by atoms with E-state index in [2.05, 4.69) is 5.32 Å². The molecule has 0 aliphatic carbocycles. The molecule has 0 aromatic heterocycles. The van der Waals surface area contributed by atoms with Crippen LogP contribution >= 0.6 is 0 Å². The number of amides is 1. The van der Waals surface area contributed by atoms with E-state index >= 15 is 0 Å². The highest BCUT2D eigenvalue weighted by Crippen LogP contribution is 2.28. The number of nitrogens with one attached hydrogen (secondary N) is 1. The van der Waals surface area contributed by atoms with Gasteiger partial charge in [-0.15, -0.1) is 0 Å². The third-order valence-electron chi connectivity index (χ3n) is 2.62. The number of ether oxygens (including phenoxy) is 1. The summed E-state index contributed by atoms with van der Waals surface area (Å²) in [5.41, 5.74) is 7.41. The number of nitrogens with zero attached hydrogens (tertiary/aromatic N) is 1. The van der Waals surface area contributed by atoms with Gasteiger partial charge in [-0.1, -0.05) is 0 Å². The molecule has 0 spiro atoms. The molecule has 5 heteroatoms. The summed E-state index contributed by atoms with van der Waals surface area (Å²) >= 11 is 0. The zero-order chi connectivity index (χ0) is 11.5. The maximum Gasteiger partial charge on any atom is 0.239 e. The van der Waals surface area contributed by atoms with Crippen LogP contribution in [0.2, 0.25) is 0 Å². The van der Waals surface area contributed by atoms with Crippen LogP contribution < -0.4 is 20.7 Å². The predicted octanol–water partition coefficient (Wildman–Crippen LogP) is 0.214. The number of hydrogen-bond acceptors (Lipinski definition) is 4. The normalized spacial score (nSPS) is 15.8. The first-order valence-electron chi connectivity index (χ1n) is 5.16. The summed E-state index contributed by atoms with van der Waals surface area (Å²) < 4.78 is 5.14. The van der Waals surface area contributed by atoms with Gasteiger partial charge in [0.2, 0.25) is 5.91 Å². The SMILES string of the molecule is COc1ccc(N)c(N2CCNC(=O)C2)c1. The minimum absolute atomic E-state index is 0.0217. The van der Waals surface area contributed by atoms with Gasteiger partial charge in [-0.2, -0.15) is 0 Å². The minimum atomic E-state index is 0.0217. The van der Waals surface area contributed by atoms with Gasteiger partial charge in [0.25, 0.3) is 0 Å². The molecule has 0 unspecified atom stereocenters. The number of piperazine rings is 1. The molecule has 1 aromatic carbocycles. The molecule has 1 amide bonds. The molecule has 1 saturated heterocycles. The smallest absolute Gasteiger partial charge is 0.239 e. The van der Waals surface area contributed by atoms with E-state index in [4.69, 9.17) is 10.5 Å². The van der Waals surface area contributed by atoms with Gasteiger partial charge in [0.05, 0.1) is 25.0 Å². The van der Waals surface area contributed by atoms with Crippen LogP contribution in [0.4, 0.5) is 11.4 Å². The van der Waals surface area contributed by atoms with E-state index < -0.39 is 0 Å². The van der Waals surface area contributed by atoms with E-state index in [1.807, 2.05) is 17.0 Å². The lowest BCUT2D eigenvalue weighted by molar-refractivity contribution is -0.120. The number of nitrogens with two attached hydrogens (primary N) is 1. The molecule has 1 aromatic rings. The van der Waals surface area contributed by atoms with E-state index in [9.17, 15) is 4.79 Å². The minimum Gasteiger partial charge on any atom is -0.497 e. The molecule has 2 rings (SSSR count). The van der Waals surface area contributed by atoms with Gasteiger partial charge in [0, 0.05) is 19.2 Å². The monoisotopic (exact) mass is 221 g/mol. The molecular weight excluding hydrogens is 206 g/mol. The fourth-order valence-electron chi connectivity index (χ4n) is 1.77. The topological polar surface area (TPSA) is 67.6 Å². The van der Waals surface area contributed by atoms with E-state index in [1.165, 1.54) is 0 Å². The molecule has 0 radical (unpaired) electrons. The molecule has 0 saturated carbocycles. The number of nitrogen functional groups attached to an aromatic ring is 1. The van der Waals surface area contributed by atoms with E-state index in [1.54, 1.807) is 13.2 Å². The lowest BCUT2D eigenvalue weighted by Crippen LogP contribution is -2.47. The third-order valence-corrected chi connectivity index (χ3v) is 2.62. The Bertz CT molecular complexity index is 406. The van der Waals surface area contributed by atoms with Crippen molar-refractivity contribution in [3.63, 3.8) is 0 Å². The number of benzene rings is 1. The summed E-state index contributed by atoms with van der Waals surface area (Å²) in [5.74, 6) is 0.767. The van der Waals surface area contributed by atoms with Crippen molar-refractivity contribution >= 4 is 17.3 Å². The summed E-state index contributed by atoms with van der Waals surface area (Å²) in [6, 6.07) is 5.46. The maximum atomic E-state index is 11.3. The van der Waals surface area contributed by atoms with Crippen LogP contribution in [0.1, 0.15) is 0 Å². The Hall–Kier alpha value is -1.91. The van der Waals surface area contributed by atoms with Crippen molar-refractivity contribution in [2.75, 3.05) is 37.4 Å². The second-order valence-corrected chi connectivity index (χ2v) is 3.70. The zero-order valence-electron chi connectivity index (χ0n) is 9.19. The van der Waals surface area contributed by atoms with Gasteiger partial charge in [-0.3, -0.25) is 4.79 Å². The Labute approximate surface area is 94.2 Å². The summed E-state index contributed by atoms with van der Waals surface area (Å²) in [7, 11) is 1.61. The number of anilines is 2. The molecule has 1 aliphatic heterocycles. The standard InChI is InChI=1S/C11H15N3O2/c1-16-8-2-3-9(12)10(6-8)14-5-4-13-11(15)7-14/h2-3,6H,4-5,7,12H2,1H3,(H,13,15). The number of rotatable bonds is 2. The summed E-state index contributed by atoms with van der Waals surface area (Å²) in [6.07, 6.45) is 0. The molecular formula is C11H15N3O2. The van der Waals surface area contributed by atoms with Gasteiger partial charge in [-0.05, 0) is 12.1 Å². The van der Waals surface area contributed by atoms with Crippen LogP contribution in [0.25, 0.3) is 0 Å². The molecule has 16 heavy (non-hydrogen) atoms. The number of carbonyl (C=O) groups excluding carboxylic acids is 1. The highest BCUT2D eigenvalue weighted by molar-refractivity contribution is 5.84. The average Bonchev–Trinajstić information content (AvgIpc) is 2.30. The second-order valence-electron chi connectivity index (χ2n) is 3.70. The lowest BCUT2D eigenvalue weighted by Gasteiger charge is -2.29. The molecule has 1 fully saturated rings. The third kappa shape index (κ3) is 2.03. The summed E-state index contributed by atoms with van der Waals surface area (Å²) in [5, 5.41) is 2.78. The predicted molar refractivity (Wildman–Crippen MR) is 62.6 cm³/mol. The first kappa shape index (κ1) is 10.6. The van der Waals surface area contributed by atoms with Crippen molar-refractivity contribution in [2.45, 2.75) is 0 Å². The Kier molecular flexibility index (Phi) is 2.85. The van der Waals surface area contributed by atoms with Crippen molar-refractivity contribution in [3.05, 3.63) is 18.2 Å². The fraction of sp³-hybridized carbons (Fsp3) is 0.364. The van der Waals surface area contributed by atoms with Crippen LogP contribution in [0.5, 0.6) is 5.75 Å². The average molecular weight is 221 g/mol. The van der Waals surface area contributed by atoms with Crippen molar-refractivity contribution in [2.24, 2.45) is 0 Å². The van der Waals surface area contributed by atoms with Gasteiger partial charge < -0.3 is 20.7 Å². The second kappa shape index (κ2) is 4.30. The first-order valence-corrected chi connectivity index (χ1v) is 5.16. The van der Waals surface area contributed by atoms with Crippen LogP contribution in [0, 0.1) is 0 Å². The summed E-state index contributed by atoms with van der Waals surface area (Å²) in [4.78, 5) is 13.2. The van der Waals surface area contributed by atoms with Crippen LogP contribution in [0.15, 0.2) is 18.2 Å². The van der Waals surface area contributed by atoms with Crippen molar-refractivity contribution in [3.8, 4) is 5.75 Å². The van der Waals surface area contributed by atoms with E-state index in [0.29, 0.717) is 18.8 Å². The highest BCUT2D eigenvalue weighted by Gasteiger charge is 2.18. The Morgan fingerprint density at radius 1 is 1.50 bits per heavy atom. The Morgan fingerprint density at radius 3 is 3.00 bits per heavy atom. The van der Waals surface area contributed by atoms with Crippen molar-refractivity contribution in [1.29, 1.82) is 0 Å². The molecule has 1 aliphatic rings. The molecule has 5 nitrogen and oxygen atoms in total. The van der Waals surface area contributed by atoms with Gasteiger partial charge in [0.15, 0.2) is 0 Å². The van der Waals surface area contributed by atoms with Gasteiger partial charge in [-0.25, -0.2) is 0 Å². The number of hydrogen-bond donors (Lipinski definition) is 2. The van der Waals surface area contributed by atoms with Crippen LogP contribution in [-0.2, 0) is 4.79 Å². The van der Waals surface area contributed by atoms with Crippen molar-refractivity contribution in [1.82, 2.24) is 5.32 Å². The summed E-state index contributed by atoms with van der Waals surface area (Å²) in [6.45, 7) is 1.76. The van der Waals surface area contributed by atoms with Gasteiger partial charge in [0.1, 0.15) is 5.75 Å². The largest absolute Gasteiger partial charge is 0.497 e. The number of methoxy groups -OCH3 is 1. The quantitative estimate of drug-likeness (QED) is 0.701. The zero-order valence-corrected chi connectivity index (χ0v) is 9.19. The van der Waals surface area contributed by atoms with Crippen LogP contribution in [-0.4, -0.2) is 32.7 Å². The molecule has 0 bridgehead atoms. The molecule has 86 valence electrons. The molecule has 1 heterocycles. The first-order chi connectivity index (χ1) is 7.70.